The zero-order valence-electron chi connectivity index (χ0n) is 11.2. The van der Waals surface area contributed by atoms with E-state index in [4.69, 9.17) is 9.84 Å². The summed E-state index contributed by atoms with van der Waals surface area (Å²) in [6.07, 6.45) is 0. The lowest BCUT2D eigenvalue weighted by Crippen LogP contribution is -2.30. The van der Waals surface area contributed by atoms with Gasteiger partial charge in [-0.15, -0.1) is 11.8 Å². The Morgan fingerprint density at radius 1 is 1.14 bits per heavy atom. The van der Waals surface area contributed by atoms with Crippen molar-refractivity contribution in [1.29, 1.82) is 0 Å². The second kappa shape index (κ2) is 6.20. The fourth-order valence-electron chi connectivity index (χ4n) is 2.23. The molecule has 2 atom stereocenters. The Balaban J connectivity index is 1.73. The highest BCUT2D eigenvalue weighted by molar-refractivity contribution is 8.00. The molecule has 2 aromatic rings. The van der Waals surface area contributed by atoms with Crippen LogP contribution in [0.1, 0.15) is 11.6 Å². The molecule has 0 spiro atoms. The topological polar surface area (TPSA) is 58.6 Å². The van der Waals surface area contributed by atoms with Crippen molar-refractivity contribution >= 4 is 17.7 Å². The molecule has 0 amide bonds. The SMILES string of the molecule is O=C(O)[C@H]1N[C@H](c2cccc(Oc3ccccc3)c2)CS1. The van der Waals surface area contributed by atoms with Crippen molar-refractivity contribution in [3.63, 3.8) is 0 Å². The van der Waals surface area contributed by atoms with Gasteiger partial charge in [-0.2, -0.15) is 0 Å². The molecule has 1 aliphatic rings. The third-order valence-corrected chi connectivity index (χ3v) is 4.44. The average Bonchev–Trinajstić information content (AvgIpc) is 2.99. The lowest BCUT2D eigenvalue weighted by atomic mass is 10.1. The summed E-state index contributed by atoms with van der Waals surface area (Å²) in [6, 6.07) is 17.4. The number of hydrogen-bond acceptors (Lipinski definition) is 4. The van der Waals surface area contributed by atoms with Crippen molar-refractivity contribution in [1.82, 2.24) is 5.32 Å². The molecule has 0 bridgehead atoms. The molecule has 1 fully saturated rings. The maximum atomic E-state index is 11.0. The predicted octanol–water partition coefficient (Wildman–Crippen LogP) is 3.27. The van der Waals surface area contributed by atoms with Gasteiger partial charge in [-0.3, -0.25) is 5.32 Å². The van der Waals surface area contributed by atoms with Crippen LogP contribution in [0.15, 0.2) is 54.6 Å². The molecular weight excluding hydrogens is 286 g/mol. The van der Waals surface area contributed by atoms with Gasteiger partial charge in [-0.25, -0.2) is 4.79 Å². The van der Waals surface area contributed by atoms with E-state index in [0.717, 1.165) is 22.8 Å². The van der Waals surface area contributed by atoms with Crippen LogP contribution in [0.25, 0.3) is 0 Å². The monoisotopic (exact) mass is 301 g/mol. The van der Waals surface area contributed by atoms with Crippen LogP contribution in [-0.4, -0.2) is 22.2 Å². The molecule has 4 nitrogen and oxygen atoms in total. The van der Waals surface area contributed by atoms with Crippen LogP contribution in [0.3, 0.4) is 0 Å². The highest BCUT2D eigenvalue weighted by Gasteiger charge is 2.30. The van der Waals surface area contributed by atoms with Crippen LogP contribution in [-0.2, 0) is 4.79 Å². The van der Waals surface area contributed by atoms with Crippen LogP contribution < -0.4 is 10.1 Å². The maximum Gasteiger partial charge on any atom is 0.331 e. The van der Waals surface area contributed by atoms with E-state index in [9.17, 15) is 4.79 Å². The fourth-order valence-corrected chi connectivity index (χ4v) is 3.30. The number of rotatable bonds is 4. The summed E-state index contributed by atoms with van der Waals surface area (Å²) in [5.41, 5.74) is 1.04. The van der Waals surface area contributed by atoms with Crippen molar-refractivity contribution in [2.24, 2.45) is 0 Å². The summed E-state index contributed by atoms with van der Waals surface area (Å²) in [4.78, 5) is 11.0. The highest BCUT2D eigenvalue weighted by atomic mass is 32.2. The van der Waals surface area contributed by atoms with E-state index in [0.29, 0.717) is 0 Å². The lowest BCUT2D eigenvalue weighted by Gasteiger charge is -2.13. The Morgan fingerprint density at radius 2 is 1.90 bits per heavy atom. The van der Waals surface area contributed by atoms with E-state index in [1.165, 1.54) is 11.8 Å². The van der Waals surface area contributed by atoms with Crippen LogP contribution in [0.2, 0.25) is 0 Å². The molecule has 1 saturated heterocycles. The highest BCUT2D eigenvalue weighted by Crippen LogP contribution is 2.31. The standard InChI is InChI=1S/C16H15NO3S/c18-16(19)15-17-14(10-21-15)11-5-4-8-13(9-11)20-12-6-2-1-3-7-12/h1-9,14-15,17H,10H2,(H,18,19)/t14-,15-/m0/s1. The summed E-state index contributed by atoms with van der Waals surface area (Å²) in [5.74, 6) is 1.46. The molecule has 0 aromatic heterocycles. The van der Waals surface area contributed by atoms with Gasteiger partial charge in [0.15, 0.2) is 5.37 Å². The summed E-state index contributed by atoms with van der Waals surface area (Å²) in [6.45, 7) is 0. The van der Waals surface area contributed by atoms with E-state index in [2.05, 4.69) is 5.32 Å². The zero-order chi connectivity index (χ0) is 14.7. The van der Waals surface area contributed by atoms with Crippen molar-refractivity contribution in [2.75, 3.05) is 5.75 Å². The Hall–Kier alpha value is -1.98. The number of aliphatic carboxylic acids is 1. The summed E-state index contributed by atoms with van der Waals surface area (Å²) >= 11 is 1.41. The average molecular weight is 301 g/mol. The first kappa shape index (κ1) is 14.0. The number of ether oxygens (including phenoxy) is 1. The van der Waals surface area contributed by atoms with Crippen LogP contribution >= 0.6 is 11.8 Å². The Morgan fingerprint density at radius 3 is 2.62 bits per heavy atom. The number of nitrogens with one attached hydrogen (secondary N) is 1. The third kappa shape index (κ3) is 3.37. The van der Waals surface area contributed by atoms with Gasteiger partial charge < -0.3 is 9.84 Å². The maximum absolute atomic E-state index is 11.0. The van der Waals surface area contributed by atoms with Gasteiger partial charge in [0, 0.05) is 11.8 Å². The van der Waals surface area contributed by atoms with Gasteiger partial charge in [0.25, 0.3) is 0 Å². The van der Waals surface area contributed by atoms with E-state index < -0.39 is 11.3 Å². The van der Waals surface area contributed by atoms with Crippen LogP contribution in [0.4, 0.5) is 0 Å². The number of hydrogen-bond donors (Lipinski definition) is 2. The smallest absolute Gasteiger partial charge is 0.331 e. The molecule has 108 valence electrons. The molecule has 21 heavy (non-hydrogen) atoms. The van der Waals surface area contributed by atoms with Gasteiger partial charge >= 0.3 is 5.97 Å². The normalized spacial score (nSPS) is 21.1. The number of carboxylic acids is 1. The Kier molecular flexibility index (Phi) is 4.13. The largest absolute Gasteiger partial charge is 0.479 e. The van der Waals surface area contributed by atoms with E-state index in [-0.39, 0.29) is 6.04 Å². The summed E-state index contributed by atoms with van der Waals surface area (Å²) < 4.78 is 5.80. The summed E-state index contributed by atoms with van der Waals surface area (Å²) in [5, 5.41) is 11.6. The first-order valence-electron chi connectivity index (χ1n) is 6.66. The molecule has 0 saturated carbocycles. The third-order valence-electron chi connectivity index (χ3n) is 3.25. The van der Waals surface area contributed by atoms with Gasteiger partial charge in [0.2, 0.25) is 0 Å². The van der Waals surface area contributed by atoms with Gasteiger partial charge in [0.05, 0.1) is 0 Å². The van der Waals surface area contributed by atoms with E-state index >= 15 is 0 Å². The molecule has 2 aromatic carbocycles. The Labute approximate surface area is 127 Å². The molecule has 0 aliphatic carbocycles. The second-order valence-electron chi connectivity index (χ2n) is 4.76. The predicted molar refractivity (Wildman–Crippen MR) is 82.7 cm³/mol. The number of para-hydroxylation sites is 1. The first-order chi connectivity index (χ1) is 10.2. The molecule has 5 heteroatoms. The van der Waals surface area contributed by atoms with Gasteiger partial charge in [-0.05, 0) is 29.8 Å². The molecule has 0 unspecified atom stereocenters. The second-order valence-corrected chi connectivity index (χ2v) is 5.90. The minimum absolute atomic E-state index is 0.0374. The van der Waals surface area contributed by atoms with Gasteiger partial charge in [0.1, 0.15) is 11.5 Å². The molecular formula is C16H15NO3S. The van der Waals surface area contributed by atoms with E-state index in [1.807, 2.05) is 54.6 Å². The van der Waals surface area contributed by atoms with Crippen molar-refractivity contribution < 1.29 is 14.6 Å². The fraction of sp³-hybridized carbons (Fsp3) is 0.188. The molecule has 2 N–H and O–H groups in total. The van der Waals surface area contributed by atoms with Crippen molar-refractivity contribution in [2.45, 2.75) is 11.4 Å². The van der Waals surface area contributed by atoms with Crippen LogP contribution in [0.5, 0.6) is 11.5 Å². The van der Waals surface area contributed by atoms with Crippen LogP contribution in [0, 0.1) is 0 Å². The number of thioether (sulfide) groups is 1. The zero-order valence-corrected chi connectivity index (χ0v) is 12.0. The molecule has 0 radical (unpaired) electrons. The minimum atomic E-state index is -0.820. The minimum Gasteiger partial charge on any atom is -0.479 e. The van der Waals surface area contributed by atoms with E-state index in [1.54, 1.807) is 0 Å². The van der Waals surface area contributed by atoms with Gasteiger partial charge in [-0.1, -0.05) is 30.3 Å². The number of benzene rings is 2. The lowest BCUT2D eigenvalue weighted by molar-refractivity contribution is -0.137. The van der Waals surface area contributed by atoms with Crippen molar-refractivity contribution in [3.05, 3.63) is 60.2 Å². The summed E-state index contributed by atoms with van der Waals surface area (Å²) in [7, 11) is 0. The first-order valence-corrected chi connectivity index (χ1v) is 7.70. The molecule has 3 rings (SSSR count). The quantitative estimate of drug-likeness (QED) is 0.907. The number of carbonyl (C=O) groups is 1. The molecule has 1 aliphatic heterocycles. The van der Waals surface area contributed by atoms with Crippen molar-refractivity contribution in [3.8, 4) is 11.5 Å². The number of carboxylic acid groups (broad SMARTS) is 1. The molecule has 1 heterocycles. The Bertz CT molecular complexity index is 632.